The van der Waals surface area contributed by atoms with Crippen LogP contribution in [0.25, 0.3) is 11.3 Å². The first-order valence-electron chi connectivity index (χ1n) is 12.8. The smallest absolute Gasteiger partial charge is 0.298 e. The molecule has 2 aliphatic rings. The van der Waals surface area contributed by atoms with Crippen molar-refractivity contribution in [2.45, 2.75) is 32.1 Å². The van der Waals surface area contributed by atoms with E-state index in [4.69, 9.17) is 20.2 Å². The molecule has 2 aromatic carbocycles. The lowest BCUT2D eigenvalue weighted by atomic mass is 9.81. The number of hydrogen-bond donors (Lipinski definition) is 2. The minimum atomic E-state index is -0.538. The van der Waals surface area contributed by atoms with Gasteiger partial charge in [0.15, 0.2) is 5.69 Å². The summed E-state index contributed by atoms with van der Waals surface area (Å²) in [5.74, 6) is 8.11. The fourth-order valence-corrected chi connectivity index (χ4v) is 5.33. The summed E-state index contributed by atoms with van der Waals surface area (Å²) in [4.78, 5) is 31.5. The number of imidazole rings is 1. The van der Waals surface area contributed by atoms with Gasteiger partial charge in [0.25, 0.3) is 11.8 Å². The molecule has 1 fully saturated rings. The third-order valence-electron chi connectivity index (χ3n) is 7.24. The standard InChI is InChI=1S/C29H31N5O4/c1-3-4-25(35)33-17-14-19(15-18-33)24-13-16-31-34-27(28(30)36)26(32-29(24)34)20-5-7-22(8-6-20)38-23-11-9-21(37-2)10-12-23/h5-12,19,24,31H,13-18H2,1-2H3,(H2,30,36). The quantitative estimate of drug-likeness (QED) is 0.486. The van der Waals surface area contributed by atoms with E-state index in [9.17, 15) is 9.59 Å². The number of nitrogens with two attached hydrogens (primary N) is 1. The van der Waals surface area contributed by atoms with Crippen molar-refractivity contribution in [3.05, 3.63) is 60.0 Å². The molecule has 9 nitrogen and oxygen atoms in total. The largest absolute Gasteiger partial charge is 0.497 e. The van der Waals surface area contributed by atoms with Gasteiger partial charge in [-0.1, -0.05) is 5.92 Å². The van der Waals surface area contributed by atoms with Crippen molar-refractivity contribution in [1.82, 2.24) is 14.6 Å². The summed E-state index contributed by atoms with van der Waals surface area (Å²) < 4.78 is 12.9. The van der Waals surface area contributed by atoms with Crippen LogP contribution in [-0.2, 0) is 4.79 Å². The predicted octanol–water partition coefficient (Wildman–Crippen LogP) is 3.74. The average Bonchev–Trinajstić information content (AvgIpc) is 3.34. The molecule has 1 unspecified atom stereocenters. The summed E-state index contributed by atoms with van der Waals surface area (Å²) in [6, 6.07) is 14.8. The summed E-state index contributed by atoms with van der Waals surface area (Å²) in [6.45, 7) is 3.74. The topological polar surface area (TPSA) is 112 Å². The number of nitrogens with zero attached hydrogens (tertiary/aromatic N) is 3. The summed E-state index contributed by atoms with van der Waals surface area (Å²) in [5.41, 5.74) is 10.8. The summed E-state index contributed by atoms with van der Waals surface area (Å²) in [6.07, 6.45) is 2.64. The first kappa shape index (κ1) is 25.2. The molecule has 196 valence electrons. The maximum atomic E-state index is 12.6. The van der Waals surface area contributed by atoms with Crippen molar-refractivity contribution in [2.24, 2.45) is 11.7 Å². The molecular formula is C29H31N5O4. The van der Waals surface area contributed by atoms with Crippen LogP contribution in [0, 0.1) is 17.8 Å². The highest BCUT2D eigenvalue weighted by Gasteiger charge is 2.36. The molecule has 2 aliphatic heterocycles. The zero-order valence-corrected chi connectivity index (χ0v) is 21.6. The van der Waals surface area contributed by atoms with Crippen molar-refractivity contribution >= 4 is 11.8 Å². The molecule has 38 heavy (non-hydrogen) atoms. The Morgan fingerprint density at radius 2 is 1.63 bits per heavy atom. The molecule has 1 saturated heterocycles. The molecule has 0 saturated carbocycles. The Morgan fingerprint density at radius 3 is 2.24 bits per heavy atom. The number of carbonyl (C=O) groups excluding carboxylic acids is 2. The van der Waals surface area contributed by atoms with E-state index in [1.807, 2.05) is 53.4 Å². The molecule has 3 heterocycles. The molecule has 2 amide bonds. The molecular weight excluding hydrogens is 482 g/mol. The summed E-state index contributed by atoms with van der Waals surface area (Å²) in [7, 11) is 1.62. The number of carbonyl (C=O) groups is 2. The molecule has 0 aliphatic carbocycles. The number of rotatable bonds is 6. The van der Waals surface area contributed by atoms with Crippen LogP contribution in [0.3, 0.4) is 0 Å². The number of amides is 2. The van der Waals surface area contributed by atoms with Crippen molar-refractivity contribution in [3.8, 4) is 40.3 Å². The highest BCUT2D eigenvalue weighted by Crippen LogP contribution is 2.39. The van der Waals surface area contributed by atoms with Gasteiger partial charge < -0.3 is 25.5 Å². The van der Waals surface area contributed by atoms with Gasteiger partial charge in [0, 0.05) is 31.1 Å². The molecule has 9 heteroatoms. The van der Waals surface area contributed by atoms with E-state index in [-0.39, 0.29) is 11.8 Å². The van der Waals surface area contributed by atoms with Crippen LogP contribution < -0.4 is 20.6 Å². The Morgan fingerprint density at radius 1 is 1.00 bits per heavy atom. The first-order valence-corrected chi connectivity index (χ1v) is 12.8. The number of fused-ring (bicyclic) bond motifs is 1. The summed E-state index contributed by atoms with van der Waals surface area (Å²) in [5, 5.41) is 0. The maximum Gasteiger partial charge on any atom is 0.298 e. The van der Waals surface area contributed by atoms with E-state index in [0.717, 1.165) is 36.4 Å². The van der Waals surface area contributed by atoms with Gasteiger partial charge in [0.05, 0.1) is 7.11 Å². The van der Waals surface area contributed by atoms with Crippen molar-refractivity contribution in [3.63, 3.8) is 0 Å². The van der Waals surface area contributed by atoms with Gasteiger partial charge in [-0.05, 0) is 86.6 Å². The van der Waals surface area contributed by atoms with Gasteiger partial charge in [0.1, 0.15) is 28.8 Å². The van der Waals surface area contributed by atoms with Crippen molar-refractivity contribution < 1.29 is 19.1 Å². The molecule has 5 rings (SSSR count). The van der Waals surface area contributed by atoms with Crippen LogP contribution in [0.2, 0.25) is 0 Å². The molecule has 1 atom stereocenters. The second kappa shape index (κ2) is 10.9. The number of aromatic nitrogens is 2. The average molecular weight is 514 g/mol. The van der Waals surface area contributed by atoms with Crippen LogP contribution in [0.1, 0.15) is 48.4 Å². The van der Waals surface area contributed by atoms with E-state index >= 15 is 0 Å². The molecule has 0 bridgehead atoms. The second-order valence-electron chi connectivity index (χ2n) is 9.48. The Bertz CT molecular complexity index is 1380. The van der Waals surface area contributed by atoms with Crippen molar-refractivity contribution in [1.29, 1.82) is 0 Å². The minimum absolute atomic E-state index is 0.115. The number of piperidine rings is 1. The lowest BCUT2D eigenvalue weighted by molar-refractivity contribution is -0.126. The Hall–Kier alpha value is -4.45. The third-order valence-corrected chi connectivity index (χ3v) is 7.24. The van der Waals surface area contributed by atoms with E-state index in [1.54, 1.807) is 18.7 Å². The van der Waals surface area contributed by atoms with Crippen LogP contribution in [-0.4, -0.2) is 53.1 Å². The van der Waals surface area contributed by atoms with E-state index in [1.165, 1.54) is 0 Å². The van der Waals surface area contributed by atoms with Gasteiger partial charge in [-0.2, -0.15) is 0 Å². The van der Waals surface area contributed by atoms with Gasteiger partial charge >= 0.3 is 0 Å². The molecule has 1 aromatic heterocycles. The van der Waals surface area contributed by atoms with Gasteiger partial charge in [-0.25, -0.2) is 9.66 Å². The maximum absolute atomic E-state index is 12.6. The van der Waals surface area contributed by atoms with Crippen LogP contribution in [0.4, 0.5) is 0 Å². The van der Waals surface area contributed by atoms with E-state index in [2.05, 4.69) is 17.3 Å². The molecule has 3 aromatic rings. The first-order chi connectivity index (χ1) is 18.5. The van der Waals surface area contributed by atoms with Gasteiger partial charge in [-0.15, -0.1) is 0 Å². The number of benzene rings is 2. The number of methoxy groups -OCH3 is 1. The SMILES string of the molecule is CC#CC(=O)N1CCC(C2CCNn3c2nc(-c2ccc(Oc4ccc(OC)cc4)cc2)c3C(N)=O)CC1. The number of hydrogen-bond acceptors (Lipinski definition) is 6. The van der Waals surface area contributed by atoms with Crippen LogP contribution in [0.15, 0.2) is 48.5 Å². The Kier molecular flexibility index (Phi) is 7.22. The fourth-order valence-electron chi connectivity index (χ4n) is 5.33. The van der Waals surface area contributed by atoms with Gasteiger partial charge in [-0.3, -0.25) is 9.59 Å². The zero-order valence-electron chi connectivity index (χ0n) is 21.6. The molecule has 0 spiro atoms. The number of nitrogens with one attached hydrogen (secondary N) is 1. The molecule has 0 radical (unpaired) electrons. The third kappa shape index (κ3) is 5.02. The van der Waals surface area contributed by atoms with E-state index in [0.29, 0.717) is 48.4 Å². The lowest BCUT2D eigenvalue weighted by Crippen LogP contribution is -2.41. The summed E-state index contributed by atoms with van der Waals surface area (Å²) >= 11 is 0. The minimum Gasteiger partial charge on any atom is -0.497 e. The normalized spacial score (nSPS) is 17.0. The predicted molar refractivity (Wildman–Crippen MR) is 144 cm³/mol. The zero-order chi connectivity index (χ0) is 26.6. The second-order valence-corrected chi connectivity index (χ2v) is 9.48. The van der Waals surface area contributed by atoms with Crippen molar-refractivity contribution in [2.75, 3.05) is 32.2 Å². The highest BCUT2D eigenvalue weighted by atomic mass is 16.5. The Balaban J connectivity index is 1.37. The van der Waals surface area contributed by atoms with Gasteiger partial charge in [0.2, 0.25) is 0 Å². The molecule has 3 N–H and O–H groups in total. The number of likely N-dealkylation sites (tertiary alicyclic amines) is 1. The lowest BCUT2D eigenvalue weighted by Gasteiger charge is -2.37. The monoisotopic (exact) mass is 513 g/mol. The Labute approximate surface area is 221 Å². The fraction of sp³-hybridized carbons (Fsp3) is 0.345. The van der Waals surface area contributed by atoms with Crippen LogP contribution >= 0.6 is 0 Å². The van der Waals surface area contributed by atoms with E-state index < -0.39 is 5.91 Å². The van der Waals surface area contributed by atoms with Crippen LogP contribution in [0.5, 0.6) is 17.2 Å². The number of primary amides is 1. The number of ether oxygens (including phenoxy) is 2. The highest BCUT2D eigenvalue weighted by molar-refractivity contribution is 5.97.